The van der Waals surface area contributed by atoms with E-state index < -0.39 is 0 Å². The highest BCUT2D eigenvalue weighted by atomic mass is 35.5. The largest absolute Gasteiger partial charge is 0.317 e. The molecule has 0 spiro atoms. The number of hydrogen-bond donors (Lipinski definition) is 2. The molecule has 5 nitrogen and oxygen atoms in total. The van der Waals surface area contributed by atoms with E-state index in [1.165, 1.54) is 18.4 Å². The Morgan fingerprint density at radius 1 is 1.27 bits per heavy atom. The quantitative estimate of drug-likeness (QED) is 0.777. The smallest absolute Gasteiger partial charge is 0.225 e. The number of aryl methyl sites for hydroxylation is 2. The number of amides is 1. The molecule has 1 aliphatic rings. The van der Waals surface area contributed by atoms with Crippen LogP contribution in [-0.4, -0.2) is 28.8 Å². The van der Waals surface area contributed by atoms with Crippen molar-refractivity contribution in [2.45, 2.75) is 39.2 Å². The molecule has 2 heterocycles. The number of piperidine rings is 1. The summed E-state index contributed by atoms with van der Waals surface area (Å²) in [6.07, 6.45) is 5.56. The lowest BCUT2D eigenvalue weighted by atomic mass is 9.84. The van der Waals surface area contributed by atoms with Gasteiger partial charge in [-0.05, 0) is 49.8 Å². The van der Waals surface area contributed by atoms with Crippen molar-refractivity contribution in [2.75, 3.05) is 18.4 Å². The number of nitrogens with zero attached hydrogens (tertiary/aromatic N) is 2. The Labute approximate surface area is 162 Å². The Morgan fingerprint density at radius 2 is 2.00 bits per heavy atom. The van der Waals surface area contributed by atoms with Gasteiger partial charge in [0.15, 0.2) is 0 Å². The highest BCUT2D eigenvalue weighted by Gasteiger charge is 2.22. The monoisotopic (exact) mass is 376 g/mol. The molecule has 1 amide bonds. The molecule has 1 atom stereocenters. The SMILES string of the molecule is CC(CC(=O)Nc1ccnn1CCc1ccccc1)C1CCNCC1.Cl. The van der Waals surface area contributed by atoms with Crippen LogP contribution in [0, 0.1) is 11.8 Å². The van der Waals surface area contributed by atoms with Crippen LogP contribution in [0.4, 0.5) is 5.82 Å². The van der Waals surface area contributed by atoms with Crippen molar-refractivity contribution in [1.82, 2.24) is 15.1 Å². The van der Waals surface area contributed by atoms with Crippen LogP contribution in [0.1, 0.15) is 31.7 Å². The van der Waals surface area contributed by atoms with Gasteiger partial charge in [-0.15, -0.1) is 12.4 Å². The van der Waals surface area contributed by atoms with Gasteiger partial charge in [0.25, 0.3) is 0 Å². The predicted octanol–water partition coefficient (Wildman–Crippen LogP) is 3.51. The van der Waals surface area contributed by atoms with Crippen molar-refractivity contribution < 1.29 is 4.79 Å². The maximum Gasteiger partial charge on any atom is 0.225 e. The maximum atomic E-state index is 12.4. The Balaban J connectivity index is 0.00000243. The topological polar surface area (TPSA) is 59.0 Å². The van der Waals surface area contributed by atoms with E-state index in [9.17, 15) is 4.79 Å². The van der Waals surface area contributed by atoms with Crippen molar-refractivity contribution in [3.8, 4) is 0 Å². The zero-order chi connectivity index (χ0) is 17.5. The van der Waals surface area contributed by atoms with Crippen molar-refractivity contribution in [3.63, 3.8) is 0 Å². The molecule has 6 heteroatoms. The predicted molar refractivity (Wildman–Crippen MR) is 108 cm³/mol. The lowest BCUT2D eigenvalue weighted by Crippen LogP contribution is -2.32. The van der Waals surface area contributed by atoms with Crippen molar-refractivity contribution in [3.05, 3.63) is 48.2 Å². The number of hydrogen-bond acceptors (Lipinski definition) is 3. The summed E-state index contributed by atoms with van der Waals surface area (Å²) in [5.74, 6) is 1.95. The van der Waals surface area contributed by atoms with Gasteiger partial charge in [0, 0.05) is 19.0 Å². The summed E-state index contributed by atoms with van der Waals surface area (Å²) in [6.45, 7) is 5.10. The molecule has 1 aliphatic heterocycles. The first kappa shape index (κ1) is 20.5. The molecule has 2 aromatic rings. The highest BCUT2D eigenvalue weighted by molar-refractivity contribution is 5.89. The Morgan fingerprint density at radius 3 is 2.73 bits per heavy atom. The van der Waals surface area contributed by atoms with E-state index in [2.05, 4.69) is 34.8 Å². The lowest BCUT2D eigenvalue weighted by molar-refractivity contribution is -0.117. The molecule has 2 N–H and O–H groups in total. The first-order valence-electron chi connectivity index (χ1n) is 9.28. The first-order chi connectivity index (χ1) is 12.2. The second kappa shape index (κ2) is 10.3. The number of aromatic nitrogens is 2. The van der Waals surface area contributed by atoms with Crippen LogP contribution in [0.5, 0.6) is 0 Å². The summed E-state index contributed by atoms with van der Waals surface area (Å²) in [5.41, 5.74) is 1.27. The zero-order valence-electron chi connectivity index (χ0n) is 15.4. The van der Waals surface area contributed by atoms with Gasteiger partial charge in [-0.25, -0.2) is 4.68 Å². The third kappa shape index (κ3) is 5.85. The Hall–Kier alpha value is -1.85. The molecule has 142 valence electrons. The second-order valence-corrected chi connectivity index (χ2v) is 6.99. The van der Waals surface area contributed by atoms with E-state index in [0.29, 0.717) is 18.3 Å². The van der Waals surface area contributed by atoms with E-state index in [1.807, 2.05) is 28.9 Å². The van der Waals surface area contributed by atoms with Crippen molar-refractivity contribution in [2.24, 2.45) is 11.8 Å². The molecule has 1 aromatic heterocycles. The number of benzene rings is 1. The van der Waals surface area contributed by atoms with Gasteiger partial charge in [-0.3, -0.25) is 4.79 Å². The molecule has 1 unspecified atom stereocenters. The number of anilines is 1. The fourth-order valence-corrected chi connectivity index (χ4v) is 3.56. The van der Waals surface area contributed by atoms with E-state index in [1.54, 1.807) is 6.20 Å². The Kier molecular flexibility index (Phi) is 8.13. The molecule has 0 aliphatic carbocycles. The molecule has 26 heavy (non-hydrogen) atoms. The van der Waals surface area contributed by atoms with Crippen LogP contribution < -0.4 is 10.6 Å². The number of carbonyl (C=O) groups is 1. The Bertz CT molecular complexity index is 667. The van der Waals surface area contributed by atoms with Crippen LogP contribution >= 0.6 is 12.4 Å². The van der Waals surface area contributed by atoms with E-state index >= 15 is 0 Å². The highest BCUT2D eigenvalue weighted by Crippen LogP contribution is 2.24. The molecule has 0 saturated carbocycles. The summed E-state index contributed by atoms with van der Waals surface area (Å²) in [7, 11) is 0. The minimum Gasteiger partial charge on any atom is -0.317 e. The second-order valence-electron chi connectivity index (χ2n) is 6.99. The van der Waals surface area contributed by atoms with E-state index in [-0.39, 0.29) is 18.3 Å². The van der Waals surface area contributed by atoms with E-state index in [4.69, 9.17) is 0 Å². The lowest BCUT2D eigenvalue weighted by Gasteiger charge is -2.27. The summed E-state index contributed by atoms with van der Waals surface area (Å²) >= 11 is 0. The van der Waals surface area contributed by atoms with Gasteiger partial charge in [0.1, 0.15) is 5.82 Å². The average molecular weight is 377 g/mol. The van der Waals surface area contributed by atoms with Gasteiger partial charge in [0.05, 0.1) is 6.20 Å². The van der Waals surface area contributed by atoms with Crippen molar-refractivity contribution >= 4 is 24.1 Å². The van der Waals surface area contributed by atoms with Gasteiger partial charge >= 0.3 is 0 Å². The molecule has 1 aromatic carbocycles. The number of halogens is 1. The van der Waals surface area contributed by atoms with E-state index in [0.717, 1.165) is 31.9 Å². The fourth-order valence-electron chi connectivity index (χ4n) is 3.56. The van der Waals surface area contributed by atoms with Gasteiger partial charge < -0.3 is 10.6 Å². The maximum absolute atomic E-state index is 12.4. The molecule has 1 fully saturated rings. The third-order valence-electron chi connectivity index (χ3n) is 5.14. The number of carbonyl (C=O) groups excluding carboxylic acids is 1. The van der Waals surface area contributed by atoms with Crippen LogP contribution in [0.15, 0.2) is 42.6 Å². The number of rotatable bonds is 7. The van der Waals surface area contributed by atoms with Crippen LogP contribution in [-0.2, 0) is 17.8 Å². The standard InChI is InChI=1S/C20H28N4O.ClH/c1-16(18-7-11-21-12-8-18)15-20(25)23-19-9-13-22-24(19)14-10-17-5-3-2-4-6-17;/h2-6,9,13,16,18,21H,7-8,10-12,14-15H2,1H3,(H,23,25);1H. The minimum atomic E-state index is 0. The number of nitrogens with one attached hydrogen (secondary N) is 2. The summed E-state index contributed by atoms with van der Waals surface area (Å²) in [4.78, 5) is 12.4. The van der Waals surface area contributed by atoms with Crippen LogP contribution in [0.25, 0.3) is 0 Å². The van der Waals surface area contributed by atoms with Gasteiger partial charge in [-0.2, -0.15) is 5.10 Å². The van der Waals surface area contributed by atoms with Crippen LogP contribution in [0.2, 0.25) is 0 Å². The molecule has 0 radical (unpaired) electrons. The summed E-state index contributed by atoms with van der Waals surface area (Å²) < 4.78 is 1.88. The first-order valence-corrected chi connectivity index (χ1v) is 9.28. The minimum absolute atomic E-state index is 0. The fraction of sp³-hybridized carbons (Fsp3) is 0.500. The molecular weight excluding hydrogens is 348 g/mol. The van der Waals surface area contributed by atoms with Crippen LogP contribution in [0.3, 0.4) is 0 Å². The molecule has 3 rings (SSSR count). The van der Waals surface area contributed by atoms with Gasteiger partial charge in [0.2, 0.25) is 5.91 Å². The van der Waals surface area contributed by atoms with Gasteiger partial charge in [-0.1, -0.05) is 37.3 Å². The molecule has 1 saturated heterocycles. The molecule has 0 bridgehead atoms. The van der Waals surface area contributed by atoms with Crippen molar-refractivity contribution in [1.29, 1.82) is 0 Å². The molecular formula is C20H29ClN4O. The summed E-state index contributed by atoms with van der Waals surface area (Å²) in [5, 5.41) is 10.8. The normalized spacial score (nSPS) is 15.9. The third-order valence-corrected chi connectivity index (χ3v) is 5.14. The summed E-state index contributed by atoms with van der Waals surface area (Å²) in [6, 6.07) is 12.2. The average Bonchev–Trinajstić information content (AvgIpc) is 3.08. The zero-order valence-corrected chi connectivity index (χ0v) is 16.2.